The number of rotatable bonds is 2. The summed E-state index contributed by atoms with van der Waals surface area (Å²) in [5.41, 5.74) is 0. The summed E-state index contributed by atoms with van der Waals surface area (Å²) in [6, 6.07) is 0. The molecule has 0 spiro atoms. The zero-order valence-corrected chi connectivity index (χ0v) is 8.13. The van der Waals surface area contributed by atoms with Crippen LogP contribution in [0.25, 0.3) is 0 Å². The SMILES string of the molecule is CC.CCC(=O)O.CCC(=O)O. The lowest BCUT2D eigenvalue weighted by molar-refractivity contribution is -0.137. The highest BCUT2D eigenvalue weighted by Crippen LogP contribution is 1.67. The van der Waals surface area contributed by atoms with Gasteiger partial charge in [-0.2, -0.15) is 0 Å². The van der Waals surface area contributed by atoms with Gasteiger partial charge in [-0.3, -0.25) is 9.59 Å². The van der Waals surface area contributed by atoms with E-state index in [0.29, 0.717) is 0 Å². The fraction of sp³-hybridized carbons (Fsp3) is 0.750. The summed E-state index contributed by atoms with van der Waals surface area (Å²) in [6.07, 6.45) is 0.444. The molecule has 0 rings (SSSR count). The van der Waals surface area contributed by atoms with Gasteiger partial charge < -0.3 is 10.2 Å². The molecule has 0 saturated heterocycles. The third kappa shape index (κ3) is 65.2. The standard InChI is InChI=1S/2C3H6O2.C2H6/c2*1-2-3(4)5;1-2/h2*2H2,1H3,(H,4,5);1-2H3. The molecule has 0 bridgehead atoms. The molecule has 0 fully saturated rings. The minimum absolute atomic E-state index is 0.222. The van der Waals surface area contributed by atoms with Crippen LogP contribution in [0.15, 0.2) is 0 Å². The van der Waals surface area contributed by atoms with E-state index in [2.05, 4.69) is 0 Å². The lowest BCUT2D eigenvalue weighted by atomic mass is 10.5. The molecule has 0 amide bonds. The Morgan fingerprint density at radius 1 is 0.917 bits per heavy atom. The van der Waals surface area contributed by atoms with E-state index in [1.807, 2.05) is 13.8 Å². The second kappa shape index (κ2) is 16.5. The van der Waals surface area contributed by atoms with Crippen LogP contribution in [0.5, 0.6) is 0 Å². The highest BCUT2D eigenvalue weighted by molar-refractivity contribution is 5.66. The number of aliphatic carboxylic acids is 2. The van der Waals surface area contributed by atoms with Gasteiger partial charge in [0.25, 0.3) is 0 Å². The summed E-state index contributed by atoms with van der Waals surface area (Å²) in [5.74, 6) is -1.49. The second-order valence-corrected chi connectivity index (χ2v) is 1.49. The summed E-state index contributed by atoms with van der Waals surface area (Å²) < 4.78 is 0. The van der Waals surface area contributed by atoms with Crippen LogP contribution in [0, 0.1) is 0 Å². The molecule has 4 heteroatoms. The first kappa shape index (κ1) is 17.1. The predicted molar refractivity (Wildman–Crippen MR) is 47.2 cm³/mol. The molecule has 0 saturated carbocycles. The quantitative estimate of drug-likeness (QED) is 0.678. The van der Waals surface area contributed by atoms with Crippen molar-refractivity contribution in [2.75, 3.05) is 0 Å². The summed E-state index contributed by atoms with van der Waals surface area (Å²) in [6.45, 7) is 7.20. The van der Waals surface area contributed by atoms with Crippen LogP contribution in [0.2, 0.25) is 0 Å². The Morgan fingerprint density at radius 3 is 1.00 bits per heavy atom. The Morgan fingerprint density at radius 2 is 1.00 bits per heavy atom. The Bertz CT molecular complexity index is 95.6. The molecule has 0 heterocycles. The largest absolute Gasteiger partial charge is 0.481 e. The van der Waals surface area contributed by atoms with Crippen molar-refractivity contribution in [1.29, 1.82) is 0 Å². The first-order valence-corrected chi connectivity index (χ1v) is 3.98. The van der Waals surface area contributed by atoms with E-state index in [1.165, 1.54) is 0 Å². The van der Waals surface area contributed by atoms with E-state index in [1.54, 1.807) is 13.8 Å². The smallest absolute Gasteiger partial charge is 0.303 e. The van der Waals surface area contributed by atoms with Crippen molar-refractivity contribution >= 4 is 11.9 Å². The first-order valence-electron chi connectivity index (χ1n) is 3.98. The molecule has 0 aliphatic carbocycles. The maximum absolute atomic E-state index is 9.37. The molecule has 0 aromatic rings. The predicted octanol–water partition coefficient (Wildman–Crippen LogP) is 1.99. The average Bonchev–Trinajstić information content (AvgIpc) is 2.09. The number of hydrogen-bond acceptors (Lipinski definition) is 2. The topological polar surface area (TPSA) is 74.6 Å². The number of carboxylic acids is 2. The molecule has 0 atom stereocenters. The molecule has 74 valence electrons. The van der Waals surface area contributed by atoms with Crippen LogP contribution >= 0.6 is 0 Å². The summed E-state index contributed by atoms with van der Waals surface area (Å²) in [4.78, 5) is 18.7. The highest BCUT2D eigenvalue weighted by Gasteiger charge is 1.81. The van der Waals surface area contributed by atoms with Crippen molar-refractivity contribution in [3.05, 3.63) is 0 Å². The van der Waals surface area contributed by atoms with Crippen LogP contribution in [-0.4, -0.2) is 22.2 Å². The molecule has 0 aromatic heterocycles. The molecule has 0 radical (unpaired) electrons. The molecule has 4 nitrogen and oxygen atoms in total. The lowest BCUT2D eigenvalue weighted by Gasteiger charge is -1.71. The lowest BCUT2D eigenvalue weighted by Crippen LogP contribution is -1.86. The van der Waals surface area contributed by atoms with E-state index >= 15 is 0 Å². The maximum Gasteiger partial charge on any atom is 0.303 e. The highest BCUT2D eigenvalue weighted by atomic mass is 16.4. The van der Waals surface area contributed by atoms with Gasteiger partial charge in [0.05, 0.1) is 0 Å². The van der Waals surface area contributed by atoms with Crippen molar-refractivity contribution < 1.29 is 19.8 Å². The molecule has 12 heavy (non-hydrogen) atoms. The zero-order valence-electron chi connectivity index (χ0n) is 8.13. The van der Waals surface area contributed by atoms with E-state index in [-0.39, 0.29) is 12.8 Å². The van der Waals surface area contributed by atoms with Crippen molar-refractivity contribution in [2.45, 2.75) is 40.5 Å². The van der Waals surface area contributed by atoms with Crippen LogP contribution in [0.1, 0.15) is 40.5 Å². The molecular formula is C8H18O4. The normalized spacial score (nSPS) is 6.67. The minimum Gasteiger partial charge on any atom is -0.481 e. The van der Waals surface area contributed by atoms with Crippen LogP contribution in [0.4, 0.5) is 0 Å². The Balaban J connectivity index is -0.000000112. The minimum atomic E-state index is -0.745. The van der Waals surface area contributed by atoms with E-state index in [0.717, 1.165) is 0 Å². The maximum atomic E-state index is 9.37. The van der Waals surface area contributed by atoms with Crippen LogP contribution < -0.4 is 0 Å². The van der Waals surface area contributed by atoms with E-state index < -0.39 is 11.9 Å². The fourth-order valence-corrected chi connectivity index (χ4v) is 0. The number of hydrogen-bond donors (Lipinski definition) is 2. The van der Waals surface area contributed by atoms with Gasteiger partial charge in [-0.1, -0.05) is 27.7 Å². The van der Waals surface area contributed by atoms with Gasteiger partial charge >= 0.3 is 11.9 Å². The van der Waals surface area contributed by atoms with Gasteiger partial charge in [0.2, 0.25) is 0 Å². The molecule has 0 aliphatic heterocycles. The summed E-state index contributed by atoms with van der Waals surface area (Å²) in [5, 5.41) is 15.4. The van der Waals surface area contributed by atoms with Gasteiger partial charge in [0.15, 0.2) is 0 Å². The van der Waals surface area contributed by atoms with Crippen LogP contribution in [0.3, 0.4) is 0 Å². The average molecular weight is 178 g/mol. The Labute approximate surface area is 73.2 Å². The molecule has 2 N–H and O–H groups in total. The van der Waals surface area contributed by atoms with Crippen molar-refractivity contribution in [1.82, 2.24) is 0 Å². The summed E-state index contributed by atoms with van der Waals surface area (Å²) in [7, 11) is 0. The first-order chi connectivity index (χ1) is 5.54. The molecule has 0 aromatic carbocycles. The van der Waals surface area contributed by atoms with Gasteiger partial charge in [-0.25, -0.2) is 0 Å². The van der Waals surface area contributed by atoms with E-state index in [4.69, 9.17) is 10.2 Å². The number of carboxylic acid groups (broad SMARTS) is 2. The summed E-state index contributed by atoms with van der Waals surface area (Å²) >= 11 is 0. The zero-order chi connectivity index (χ0) is 10.6. The third-order valence-corrected chi connectivity index (χ3v) is 0.605. The van der Waals surface area contributed by atoms with Gasteiger partial charge in [-0.05, 0) is 0 Å². The second-order valence-electron chi connectivity index (χ2n) is 1.49. The van der Waals surface area contributed by atoms with Gasteiger partial charge in [-0.15, -0.1) is 0 Å². The Kier molecular flexibility index (Phi) is 23.6. The molecule has 0 unspecified atom stereocenters. The van der Waals surface area contributed by atoms with E-state index in [9.17, 15) is 9.59 Å². The van der Waals surface area contributed by atoms with Gasteiger partial charge in [0.1, 0.15) is 0 Å². The van der Waals surface area contributed by atoms with Crippen LogP contribution in [-0.2, 0) is 9.59 Å². The molecular weight excluding hydrogens is 160 g/mol. The molecule has 0 aliphatic rings. The monoisotopic (exact) mass is 178 g/mol. The number of carbonyl (C=O) groups is 2. The third-order valence-electron chi connectivity index (χ3n) is 0.605. The Hall–Kier alpha value is -1.06. The van der Waals surface area contributed by atoms with Crippen molar-refractivity contribution in [2.24, 2.45) is 0 Å². The van der Waals surface area contributed by atoms with Gasteiger partial charge in [0, 0.05) is 12.8 Å². The van der Waals surface area contributed by atoms with Crippen molar-refractivity contribution in [3.8, 4) is 0 Å². The van der Waals surface area contributed by atoms with Crippen molar-refractivity contribution in [3.63, 3.8) is 0 Å². The fourth-order valence-electron chi connectivity index (χ4n) is 0.